The normalized spacial score (nSPS) is 13.4. The molecular weight excluding hydrogens is 465 g/mol. The summed E-state index contributed by atoms with van der Waals surface area (Å²) in [7, 11) is 1.71. The lowest BCUT2D eigenvalue weighted by molar-refractivity contribution is -0.274. The van der Waals surface area contributed by atoms with E-state index in [-0.39, 0.29) is 48.9 Å². The van der Waals surface area contributed by atoms with Crippen LogP contribution in [0.4, 0.5) is 23.7 Å². The molecule has 0 bridgehead atoms. The van der Waals surface area contributed by atoms with Gasteiger partial charge < -0.3 is 19.6 Å². The van der Waals surface area contributed by atoms with Gasteiger partial charge >= 0.3 is 12.5 Å². The third-order valence-corrected chi connectivity index (χ3v) is 5.95. The Balaban J connectivity index is 1.49. The molecule has 1 N–H and O–H groups in total. The molecule has 7 nitrogen and oxygen atoms in total. The molecular formula is C25H27F3N2O5. The van der Waals surface area contributed by atoms with Crippen molar-refractivity contribution in [1.29, 1.82) is 0 Å². The highest BCUT2D eigenvalue weighted by atomic mass is 19.4. The van der Waals surface area contributed by atoms with Gasteiger partial charge in [0.2, 0.25) is 5.91 Å². The number of carboxylic acid groups (broad SMARTS) is 1. The molecule has 35 heavy (non-hydrogen) atoms. The summed E-state index contributed by atoms with van der Waals surface area (Å²) in [4.78, 5) is 38.7. The van der Waals surface area contributed by atoms with Gasteiger partial charge in [-0.1, -0.05) is 18.2 Å². The van der Waals surface area contributed by atoms with E-state index >= 15 is 0 Å². The third-order valence-electron chi connectivity index (χ3n) is 5.95. The highest BCUT2D eigenvalue weighted by Crippen LogP contribution is 2.28. The molecule has 1 aliphatic heterocycles. The lowest BCUT2D eigenvalue weighted by Gasteiger charge is -2.26. The van der Waals surface area contributed by atoms with Gasteiger partial charge in [0.15, 0.2) is 5.78 Å². The summed E-state index contributed by atoms with van der Waals surface area (Å²) in [5, 5.41) is 9.47. The fraction of sp³-hybridized carbons (Fsp3) is 0.400. The molecule has 0 aromatic heterocycles. The van der Waals surface area contributed by atoms with Crippen molar-refractivity contribution in [2.24, 2.45) is 0 Å². The van der Waals surface area contributed by atoms with Crippen LogP contribution in [0.15, 0.2) is 42.5 Å². The van der Waals surface area contributed by atoms with Gasteiger partial charge in [0, 0.05) is 44.2 Å². The monoisotopic (exact) mass is 492 g/mol. The van der Waals surface area contributed by atoms with Crippen LogP contribution in [0.3, 0.4) is 0 Å². The first-order valence-electron chi connectivity index (χ1n) is 11.3. The number of para-hydroxylation sites is 1. The number of fused-ring (bicyclic) bond motifs is 1. The number of ketones is 1. The largest absolute Gasteiger partial charge is 0.573 e. The number of carbonyl (C=O) groups excluding carboxylic acids is 2. The summed E-state index contributed by atoms with van der Waals surface area (Å²) >= 11 is 0. The summed E-state index contributed by atoms with van der Waals surface area (Å²) in [6, 6.07) is 10.9. The van der Waals surface area contributed by atoms with E-state index in [2.05, 4.69) is 4.74 Å². The number of amides is 2. The number of hydrogen-bond acceptors (Lipinski definition) is 4. The molecule has 0 saturated heterocycles. The van der Waals surface area contributed by atoms with Gasteiger partial charge in [0.25, 0.3) is 0 Å². The maximum Gasteiger partial charge on any atom is 0.573 e. The number of unbranched alkanes of at least 4 members (excludes halogenated alkanes) is 1. The molecule has 10 heteroatoms. The number of alkyl halides is 3. The van der Waals surface area contributed by atoms with Crippen LogP contribution in [0.1, 0.15) is 47.2 Å². The van der Waals surface area contributed by atoms with Crippen LogP contribution in [0.5, 0.6) is 5.75 Å². The molecule has 0 spiro atoms. The van der Waals surface area contributed by atoms with E-state index in [1.807, 2.05) is 6.07 Å². The minimum atomic E-state index is -4.83. The van der Waals surface area contributed by atoms with Crippen molar-refractivity contribution in [3.05, 3.63) is 59.2 Å². The van der Waals surface area contributed by atoms with Crippen LogP contribution in [0.25, 0.3) is 0 Å². The van der Waals surface area contributed by atoms with Crippen molar-refractivity contribution >= 4 is 23.5 Å². The Labute approximate surface area is 201 Å². The average molecular weight is 492 g/mol. The van der Waals surface area contributed by atoms with Gasteiger partial charge in [-0.25, -0.2) is 4.79 Å². The van der Waals surface area contributed by atoms with Gasteiger partial charge in [-0.2, -0.15) is 0 Å². The second kappa shape index (κ2) is 11.2. The molecule has 0 aliphatic carbocycles. The maximum absolute atomic E-state index is 12.6. The van der Waals surface area contributed by atoms with E-state index in [0.717, 1.165) is 16.2 Å². The van der Waals surface area contributed by atoms with E-state index in [9.17, 15) is 32.7 Å². The summed E-state index contributed by atoms with van der Waals surface area (Å²) in [6.07, 6.45) is -3.83. The fourth-order valence-corrected chi connectivity index (χ4v) is 4.06. The highest BCUT2D eigenvalue weighted by molar-refractivity contribution is 5.99. The lowest BCUT2D eigenvalue weighted by atomic mass is 9.96. The number of hydrogen-bond donors (Lipinski definition) is 1. The fourth-order valence-electron chi connectivity index (χ4n) is 4.06. The molecule has 188 valence electrons. The van der Waals surface area contributed by atoms with Gasteiger partial charge in [-0.15, -0.1) is 13.2 Å². The first-order chi connectivity index (χ1) is 16.5. The Kier molecular flexibility index (Phi) is 8.37. The second-order valence-electron chi connectivity index (χ2n) is 8.35. The number of benzene rings is 2. The second-order valence-corrected chi connectivity index (χ2v) is 8.35. The van der Waals surface area contributed by atoms with Crippen molar-refractivity contribution < 1.29 is 37.4 Å². The summed E-state index contributed by atoms with van der Waals surface area (Å²) < 4.78 is 41.8. The molecule has 0 unspecified atom stereocenters. The molecule has 3 rings (SSSR count). The molecule has 0 fully saturated rings. The molecule has 0 saturated carbocycles. The zero-order valence-corrected chi connectivity index (χ0v) is 19.3. The summed E-state index contributed by atoms with van der Waals surface area (Å²) in [5.41, 5.74) is 2.57. The van der Waals surface area contributed by atoms with E-state index in [4.69, 9.17) is 0 Å². The number of aryl methyl sites for hydroxylation is 1. The SMILES string of the molecule is CN1C(=O)CCc2cc(C(=O)CCCCN(CCc3ccccc3OC(F)(F)F)C(=O)O)ccc21. The van der Waals surface area contributed by atoms with Crippen molar-refractivity contribution in [1.82, 2.24) is 4.90 Å². The first kappa shape index (κ1) is 26.1. The predicted octanol–water partition coefficient (Wildman–Crippen LogP) is 5.07. The zero-order chi connectivity index (χ0) is 25.6. The molecule has 2 amide bonds. The van der Waals surface area contributed by atoms with Gasteiger partial charge in [-0.3, -0.25) is 9.59 Å². The number of Topliss-reactive ketones (excluding diaryl/α,β-unsaturated/α-hetero) is 1. The molecule has 2 aromatic carbocycles. The Hall–Kier alpha value is -3.56. The van der Waals surface area contributed by atoms with Crippen molar-refractivity contribution in [2.75, 3.05) is 25.0 Å². The van der Waals surface area contributed by atoms with Crippen molar-refractivity contribution in [3.8, 4) is 5.75 Å². The predicted molar refractivity (Wildman–Crippen MR) is 123 cm³/mol. The maximum atomic E-state index is 12.6. The standard InChI is InChI=1S/C25H27F3N2O5/c1-29-20-11-9-19(16-18(20)10-12-23(29)32)21(31)7-4-5-14-30(24(33)34)15-13-17-6-2-3-8-22(17)35-25(26,27)28/h2-3,6,8-9,11,16H,4-5,7,10,12-15H2,1H3,(H,33,34). The Bertz CT molecular complexity index is 1090. The number of carbonyl (C=O) groups is 3. The summed E-state index contributed by atoms with van der Waals surface area (Å²) in [6.45, 7) is 0.153. The van der Waals surface area contributed by atoms with Crippen LogP contribution in [0, 0.1) is 0 Å². The van der Waals surface area contributed by atoms with Gasteiger partial charge in [0.05, 0.1) is 0 Å². The zero-order valence-electron chi connectivity index (χ0n) is 19.3. The van der Waals surface area contributed by atoms with E-state index in [1.165, 1.54) is 18.2 Å². The van der Waals surface area contributed by atoms with Crippen LogP contribution in [-0.2, 0) is 17.6 Å². The average Bonchev–Trinajstić information content (AvgIpc) is 2.80. The summed E-state index contributed by atoms with van der Waals surface area (Å²) in [5.74, 6) is -0.375. The highest BCUT2D eigenvalue weighted by Gasteiger charge is 2.32. The number of halogens is 3. The van der Waals surface area contributed by atoms with Crippen molar-refractivity contribution in [3.63, 3.8) is 0 Å². The Morgan fingerprint density at radius 1 is 1.09 bits per heavy atom. The van der Waals surface area contributed by atoms with Crippen molar-refractivity contribution in [2.45, 2.75) is 44.9 Å². The van der Waals surface area contributed by atoms with E-state index in [0.29, 0.717) is 31.2 Å². The third kappa shape index (κ3) is 7.21. The van der Waals surface area contributed by atoms with E-state index in [1.54, 1.807) is 30.1 Å². The van der Waals surface area contributed by atoms with Crippen LogP contribution >= 0.6 is 0 Å². The Morgan fingerprint density at radius 3 is 2.54 bits per heavy atom. The topological polar surface area (TPSA) is 87.2 Å². The first-order valence-corrected chi connectivity index (χ1v) is 11.3. The molecule has 0 radical (unpaired) electrons. The number of ether oxygens (including phenoxy) is 1. The smallest absolute Gasteiger partial charge is 0.465 e. The molecule has 1 aliphatic rings. The molecule has 0 atom stereocenters. The lowest BCUT2D eigenvalue weighted by Crippen LogP contribution is -2.32. The van der Waals surface area contributed by atoms with Gasteiger partial charge in [-0.05, 0) is 61.1 Å². The minimum absolute atomic E-state index is 0.00142. The minimum Gasteiger partial charge on any atom is -0.465 e. The number of rotatable bonds is 10. The quantitative estimate of drug-likeness (QED) is 0.370. The van der Waals surface area contributed by atoms with Crippen LogP contribution < -0.4 is 9.64 Å². The number of anilines is 1. The molecule has 2 aromatic rings. The molecule has 1 heterocycles. The van der Waals surface area contributed by atoms with E-state index < -0.39 is 12.5 Å². The van der Waals surface area contributed by atoms with Crippen LogP contribution in [-0.4, -0.2) is 54.3 Å². The van der Waals surface area contributed by atoms with Gasteiger partial charge in [0.1, 0.15) is 5.75 Å². The van der Waals surface area contributed by atoms with Crippen LogP contribution in [0.2, 0.25) is 0 Å². The number of nitrogens with zero attached hydrogens (tertiary/aromatic N) is 2. The Morgan fingerprint density at radius 2 is 1.83 bits per heavy atom.